The summed E-state index contributed by atoms with van der Waals surface area (Å²) in [6.07, 6.45) is 15.4. The summed E-state index contributed by atoms with van der Waals surface area (Å²) >= 11 is 0. The molecule has 12 unspecified atom stereocenters. The van der Waals surface area contributed by atoms with E-state index in [1.165, 1.54) is 116 Å². The summed E-state index contributed by atoms with van der Waals surface area (Å²) in [5.74, 6) is -0.208. The van der Waals surface area contributed by atoms with Crippen LogP contribution in [-0.4, -0.2) is 140 Å². The number of ether oxygens (including phenoxy) is 4. The van der Waals surface area contributed by atoms with Crippen LogP contribution >= 0.6 is 0 Å². The molecule has 1 amide bonds. The molecule has 9 N–H and O–H groups in total. The van der Waals surface area contributed by atoms with Gasteiger partial charge in [0.15, 0.2) is 12.6 Å². The van der Waals surface area contributed by atoms with Crippen molar-refractivity contribution in [2.45, 2.75) is 267 Å². The zero-order valence-corrected chi connectivity index (χ0v) is 37.5. The third kappa shape index (κ3) is 22.1. The number of amides is 1. The van der Waals surface area contributed by atoms with Crippen LogP contribution in [0.4, 0.5) is 0 Å². The third-order valence-electron chi connectivity index (χ3n) is 12.3. The molecular formula is C46H89NO13. The van der Waals surface area contributed by atoms with Crippen molar-refractivity contribution in [3.63, 3.8) is 0 Å². The van der Waals surface area contributed by atoms with Gasteiger partial charge in [0.05, 0.1) is 32.0 Å². The molecule has 2 saturated heterocycles. The van der Waals surface area contributed by atoms with Gasteiger partial charge in [-0.05, 0) is 12.8 Å². The highest BCUT2D eigenvalue weighted by atomic mass is 16.7. The molecular weight excluding hydrogens is 774 g/mol. The Bertz CT molecular complexity index is 1020. The lowest BCUT2D eigenvalue weighted by Gasteiger charge is -2.46. The Hall–Kier alpha value is -1.01. The number of carbonyl (C=O) groups excluding carboxylic acids is 1. The van der Waals surface area contributed by atoms with E-state index in [9.17, 15) is 45.6 Å². The lowest BCUT2D eigenvalue weighted by atomic mass is 9.97. The van der Waals surface area contributed by atoms with E-state index in [1.54, 1.807) is 0 Å². The van der Waals surface area contributed by atoms with Gasteiger partial charge in [0.1, 0.15) is 48.8 Å². The zero-order valence-electron chi connectivity index (χ0n) is 37.5. The molecule has 2 fully saturated rings. The highest BCUT2D eigenvalue weighted by Gasteiger charge is 2.51. The highest BCUT2D eigenvalue weighted by molar-refractivity contribution is 5.76. The molecule has 60 heavy (non-hydrogen) atoms. The number of nitrogens with one attached hydrogen (secondary N) is 1. The van der Waals surface area contributed by atoms with Gasteiger partial charge >= 0.3 is 0 Å². The first kappa shape index (κ1) is 55.1. The standard InChI is InChI=1S/C46H89NO13/c1-3-5-7-9-11-13-15-16-17-18-19-20-21-23-25-27-29-35(50)34(47-38(51)30-28-26-24-22-14-12-10-8-6-4-2)33-57-45-43(56)41(54)44(37(32-49)59-45)60-46-42(55)40(53)39(52)36(31-48)58-46/h34-37,39-46,48-50,52-56H,3-33H2,1-2H3,(H,47,51). The second-order valence-electron chi connectivity index (χ2n) is 17.6. The summed E-state index contributed by atoms with van der Waals surface area (Å²) in [5.41, 5.74) is 0. The van der Waals surface area contributed by atoms with E-state index in [1.807, 2.05) is 0 Å². The molecule has 0 aliphatic carbocycles. The smallest absolute Gasteiger partial charge is 0.220 e. The van der Waals surface area contributed by atoms with Gasteiger partial charge in [-0.1, -0.05) is 174 Å². The van der Waals surface area contributed by atoms with Gasteiger partial charge in [-0.2, -0.15) is 0 Å². The molecule has 0 radical (unpaired) electrons. The number of hydrogen-bond acceptors (Lipinski definition) is 13. The van der Waals surface area contributed by atoms with Crippen LogP contribution in [0.1, 0.15) is 194 Å². The Kier molecular flexibility index (Phi) is 31.6. The lowest BCUT2D eigenvalue weighted by Crippen LogP contribution is -2.65. The second-order valence-corrected chi connectivity index (χ2v) is 17.6. The fourth-order valence-corrected chi connectivity index (χ4v) is 8.30. The molecule has 2 aliphatic heterocycles. The molecule has 0 aromatic carbocycles. The minimum absolute atomic E-state index is 0.208. The predicted molar refractivity (Wildman–Crippen MR) is 231 cm³/mol. The predicted octanol–water partition coefficient (Wildman–Crippen LogP) is 5.44. The van der Waals surface area contributed by atoms with Crippen LogP contribution in [0.2, 0.25) is 0 Å². The van der Waals surface area contributed by atoms with Crippen LogP contribution in [0.15, 0.2) is 0 Å². The Morgan fingerprint density at radius 2 is 0.950 bits per heavy atom. The molecule has 14 nitrogen and oxygen atoms in total. The molecule has 0 saturated carbocycles. The van der Waals surface area contributed by atoms with E-state index in [0.29, 0.717) is 12.8 Å². The SMILES string of the molecule is CCCCCCCCCCCCCCCCCCC(O)C(COC1OC(CO)C(OC2OC(CO)C(O)C(O)C2O)C(O)C1O)NC(=O)CCCCCCCCCCCC. The van der Waals surface area contributed by atoms with Crippen molar-refractivity contribution in [1.29, 1.82) is 0 Å². The number of carbonyl (C=O) groups is 1. The first-order valence-corrected chi connectivity index (χ1v) is 24.3. The molecule has 0 aromatic rings. The molecule has 12 atom stereocenters. The van der Waals surface area contributed by atoms with Crippen LogP contribution in [0.3, 0.4) is 0 Å². The van der Waals surface area contributed by atoms with Gasteiger partial charge in [-0.15, -0.1) is 0 Å². The largest absolute Gasteiger partial charge is 0.394 e. The number of rotatable bonds is 37. The Morgan fingerprint density at radius 1 is 0.533 bits per heavy atom. The Morgan fingerprint density at radius 3 is 1.42 bits per heavy atom. The minimum Gasteiger partial charge on any atom is -0.394 e. The molecule has 0 spiro atoms. The second kappa shape index (κ2) is 34.4. The minimum atomic E-state index is -1.78. The summed E-state index contributed by atoms with van der Waals surface area (Å²) in [4.78, 5) is 13.1. The summed E-state index contributed by atoms with van der Waals surface area (Å²) < 4.78 is 22.7. The van der Waals surface area contributed by atoms with Crippen molar-refractivity contribution >= 4 is 5.91 Å². The Balaban J connectivity index is 1.84. The van der Waals surface area contributed by atoms with E-state index in [0.717, 1.165) is 51.4 Å². The van der Waals surface area contributed by atoms with Crippen molar-refractivity contribution in [2.75, 3.05) is 19.8 Å². The molecule has 2 aliphatic rings. The Labute approximate surface area is 362 Å². The maximum Gasteiger partial charge on any atom is 0.220 e. The fraction of sp³-hybridized carbons (Fsp3) is 0.978. The van der Waals surface area contributed by atoms with Gasteiger partial charge in [0.2, 0.25) is 5.91 Å². The normalized spacial score (nSPS) is 28.2. The highest BCUT2D eigenvalue weighted by Crippen LogP contribution is 2.30. The maximum absolute atomic E-state index is 13.1. The summed E-state index contributed by atoms with van der Waals surface area (Å²) in [6, 6.07) is -0.819. The van der Waals surface area contributed by atoms with Crippen LogP contribution in [-0.2, 0) is 23.7 Å². The van der Waals surface area contributed by atoms with Crippen molar-refractivity contribution in [3.8, 4) is 0 Å². The van der Waals surface area contributed by atoms with E-state index in [2.05, 4.69) is 19.2 Å². The van der Waals surface area contributed by atoms with Gasteiger partial charge < -0.3 is 65.1 Å². The van der Waals surface area contributed by atoms with E-state index >= 15 is 0 Å². The molecule has 14 heteroatoms. The van der Waals surface area contributed by atoms with Crippen LogP contribution < -0.4 is 5.32 Å². The van der Waals surface area contributed by atoms with E-state index < -0.39 is 86.8 Å². The summed E-state index contributed by atoms with van der Waals surface area (Å²) in [7, 11) is 0. The number of aliphatic hydroxyl groups is 8. The van der Waals surface area contributed by atoms with Crippen molar-refractivity contribution in [2.24, 2.45) is 0 Å². The van der Waals surface area contributed by atoms with Crippen LogP contribution in [0.25, 0.3) is 0 Å². The average molecular weight is 864 g/mol. The van der Waals surface area contributed by atoms with Crippen molar-refractivity contribution in [3.05, 3.63) is 0 Å². The van der Waals surface area contributed by atoms with Crippen molar-refractivity contribution in [1.82, 2.24) is 5.32 Å². The molecule has 0 aromatic heterocycles. The number of hydrogen-bond donors (Lipinski definition) is 9. The van der Waals surface area contributed by atoms with Crippen molar-refractivity contribution < 1.29 is 64.6 Å². The van der Waals surface area contributed by atoms with Gasteiger partial charge in [0, 0.05) is 6.42 Å². The van der Waals surface area contributed by atoms with Gasteiger partial charge in [-0.3, -0.25) is 4.79 Å². The quantitative estimate of drug-likeness (QED) is 0.0356. The van der Waals surface area contributed by atoms with E-state index in [-0.39, 0.29) is 12.5 Å². The number of aliphatic hydroxyl groups excluding tert-OH is 8. The van der Waals surface area contributed by atoms with E-state index in [4.69, 9.17) is 18.9 Å². The first-order chi connectivity index (χ1) is 29.1. The maximum atomic E-state index is 13.1. The van der Waals surface area contributed by atoms with Gasteiger partial charge in [-0.25, -0.2) is 0 Å². The van der Waals surface area contributed by atoms with Crippen LogP contribution in [0, 0.1) is 0 Å². The molecule has 2 rings (SSSR count). The zero-order chi connectivity index (χ0) is 44.0. The fourth-order valence-electron chi connectivity index (χ4n) is 8.30. The summed E-state index contributed by atoms with van der Waals surface area (Å²) in [5, 5.41) is 86.7. The number of unbranched alkanes of at least 4 members (excludes halogenated alkanes) is 24. The lowest BCUT2D eigenvalue weighted by molar-refractivity contribution is -0.359. The van der Waals surface area contributed by atoms with Crippen LogP contribution in [0.5, 0.6) is 0 Å². The third-order valence-corrected chi connectivity index (χ3v) is 12.3. The first-order valence-electron chi connectivity index (χ1n) is 24.3. The monoisotopic (exact) mass is 864 g/mol. The summed E-state index contributed by atoms with van der Waals surface area (Å²) in [6.45, 7) is 2.83. The molecule has 2 heterocycles. The average Bonchev–Trinajstić information content (AvgIpc) is 3.24. The molecule has 356 valence electrons. The molecule has 0 bridgehead atoms. The van der Waals surface area contributed by atoms with Gasteiger partial charge in [0.25, 0.3) is 0 Å². The topological polar surface area (TPSA) is 228 Å².